The van der Waals surface area contributed by atoms with Crippen molar-refractivity contribution in [3.63, 3.8) is 0 Å². The summed E-state index contributed by atoms with van der Waals surface area (Å²) in [6.45, 7) is 3.61. The fraction of sp³-hybridized carbons (Fsp3) is 0.533. The topological polar surface area (TPSA) is 17.8 Å². The molecule has 1 fully saturated rings. The summed E-state index contributed by atoms with van der Waals surface area (Å²) in [7, 11) is 0. The zero-order valence-electron chi connectivity index (χ0n) is 11.7. The first-order valence-electron chi connectivity index (χ1n) is 6.83. The highest BCUT2D eigenvalue weighted by Crippen LogP contribution is 2.35. The van der Waals surface area contributed by atoms with Gasteiger partial charge in [-0.05, 0) is 36.8 Å². The highest BCUT2D eigenvalue weighted by molar-refractivity contribution is 5.74. The lowest BCUT2D eigenvalue weighted by molar-refractivity contribution is -0.139. The van der Waals surface area contributed by atoms with E-state index >= 15 is 0 Å². The molecular weight excluding hydrogens is 265 g/mol. The molecule has 20 heavy (non-hydrogen) atoms. The minimum absolute atomic E-state index is 0.504. The molecule has 1 aliphatic carbocycles. The standard InChI is InChI=1S/C9H7F3N2.C6H12/c10-9(11,12)5-14-6-13-7-3-1-2-4-8(7)14;1-5(2)6-3-4-6/h1-4,6H,5H2;5-6H,3-4H2,1-2H3. The van der Waals surface area contributed by atoms with Crippen molar-refractivity contribution in [1.82, 2.24) is 9.55 Å². The quantitative estimate of drug-likeness (QED) is 0.784. The molecule has 3 rings (SSSR count). The Hall–Kier alpha value is -1.52. The average Bonchev–Trinajstić information content (AvgIpc) is 3.14. The molecule has 0 unspecified atom stereocenters. The first kappa shape index (κ1) is 14.9. The van der Waals surface area contributed by atoms with E-state index in [1.165, 1.54) is 19.2 Å². The van der Waals surface area contributed by atoms with Gasteiger partial charge in [0.1, 0.15) is 6.54 Å². The smallest absolute Gasteiger partial charge is 0.321 e. The molecule has 110 valence electrons. The van der Waals surface area contributed by atoms with Crippen LogP contribution in [0.25, 0.3) is 11.0 Å². The molecule has 1 aliphatic rings. The van der Waals surface area contributed by atoms with Gasteiger partial charge in [0.2, 0.25) is 0 Å². The third kappa shape index (κ3) is 4.25. The average molecular weight is 284 g/mol. The van der Waals surface area contributed by atoms with E-state index < -0.39 is 12.7 Å². The molecule has 0 N–H and O–H groups in total. The van der Waals surface area contributed by atoms with E-state index in [0.717, 1.165) is 16.4 Å². The fourth-order valence-electron chi connectivity index (χ4n) is 2.09. The van der Waals surface area contributed by atoms with Crippen LogP contribution in [0.2, 0.25) is 0 Å². The maximum absolute atomic E-state index is 12.1. The molecule has 1 aromatic heterocycles. The highest BCUT2D eigenvalue weighted by atomic mass is 19.4. The number of fused-ring (bicyclic) bond motifs is 1. The third-order valence-electron chi connectivity index (χ3n) is 3.44. The largest absolute Gasteiger partial charge is 0.406 e. The molecule has 1 saturated carbocycles. The molecular formula is C15H19F3N2. The van der Waals surface area contributed by atoms with E-state index in [0.29, 0.717) is 11.0 Å². The van der Waals surface area contributed by atoms with E-state index in [4.69, 9.17) is 0 Å². The number of rotatable bonds is 2. The van der Waals surface area contributed by atoms with Crippen molar-refractivity contribution < 1.29 is 13.2 Å². The van der Waals surface area contributed by atoms with Crippen molar-refractivity contribution in [2.45, 2.75) is 39.4 Å². The molecule has 0 amide bonds. The summed E-state index contributed by atoms with van der Waals surface area (Å²) < 4.78 is 37.4. The van der Waals surface area contributed by atoms with E-state index in [1.54, 1.807) is 24.3 Å². The first-order valence-corrected chi connectivity index (χ1v) is 6.83. The Kier molecular flexibility index (Phi) is 4.35. The van der Waals surface area contributed by atoms with Crippen LogP contribution < -0.4 is 0 Å². The zero-order valence-corrected chi connectivity index (χ0v) is 11.7. The van der Waals surface area contributed by atoms with E-state index in [9.17, 15) is 13.2 Å². The van der Waals surface area contributed by atoms with Crippen LogP contribution in [0.5, 0.6) is 0 Å². The van der Waals surface area contributed by atoms with Gasteiger partial charge < -0.3 is 4.57 Å². The van der Waals surface area contributed by atoms with Gasteiger partial charge in [0, 0.05) is 0 Å². The maximum Gasteiger partial charge on any atom is 0.406 e. The van der Waals surface area contributed by atoms with Crippen LogP contribution >= 0.6 is 0 Å². The number of imidazole rings is 1. The molecule has 1 heterocycles. The summed E-state index contributed by atoms with van der Waals surface area (Å²) >= 11 is 0. The van der Waals surface area contributed by atoms with Crippen LogP contribution in [-0.4, -0.2) is 15.7 Å². The predicted octanol–water partition coefficient (Wildman–Crippen LogP) is 4.65. The summed E-state index contributed by atoms with van der Waals surface area (Å²) in [5.74, 6) is 2.06. The van der Waals surface area contributed by atoms with Crippen LogP contribution in [0.1, 0.15) is 26.7 Å². The van der Waals surface area contributed by atoms with Crippen LogP contribution in [0.4, 0.5) is 13.2 Å². The molecule has 0 radical (unpaired) electrons. The molecule has 2 aromatic rings. The highest BCUT2D eigenvalue weighted by Gasteiger charge is 2.28. The van der Waals surface area contributed by atoms with Gasteiger partial charge in [0.15, 0.2) is 0 Å². The third-order valence-corrected chi connectivity index (χ3v) is 3.44. The molecule has 0 atom stereocenters. The Morgan fingerprint density at radius 2 is 1.90 bits per heavy atom. The summed E-state index contributed by atoms with van der Waals surface area (Å²) in [5, 5.41) is 0. The Bertz CT molecular complexity index is 553. The van der Waals surface area contributed by atoms with E-state index in [-0.39, 0.29) is 0 Å². The van der Waals surface area contributed by atoms with Gasteiger partial charge in [-0.3, -0.25) is 0 Å². The second-order valence-corrected chi connectivity index (χ2v) is 5.56. The van der Waals surface area contributed by atoms with Crippen molar-refractivity contribution in [1.29, 1.82) is 0 Å². The van der Waals surface area contributed by atoms with Gasteiger partial charge in [0.25, 0.3) is 0 Å². The van der Waals surface area contributed by atoms with Crippen molar-refractivity contribution in [3.05, 3.63) is 30.6 Å². The van der Waals surface area contributed by atoms with Gasteiger partial charge in [-0.25, -0.2) is 4.98 Å². The number of benzene rings is 1. The van der Waals surface area contributed by atoms with Crippen molar-refractivity contribution in [3.8, 4) is 0 Å². The molecule has 0 spiro atoms. The number of hydrogen-bond acceptors (Lipinski definition) is 1. The minimum Gasteiger partial charge on any atom is -0.321 e. The minimum atomic E-state index is -4.20. The van der Waals surface area contributed by atoms with Gasteiger partial charge >= 0.3 is 6.18 Å². The normalized spacial score (nSPS) is 15.3. The fourth-order valence-corrected chi connectivity index (χ4v) is 2.09. The van der Waals surface area contributed by atoms with Gasteiger partial charge in [0.05, 0.1) is 17.4 Å². The second kappa shape index (κ2) is 5.85. The Morgan fingerprint density at radius 1 is 1.25 bits per heavy atom. The van der Waals surface area contributed by atoms with Crippen molar-refractivity contribution in [2.75, 3.05) is 0 Å². The summed E-state index contributed by atoms with van der Waals surface area (Å²) in [5.41, 5.74) is 1.08. The van der Waals surface area contributed by atoms with Gasteiger partial charge in [-0.2, -0.15) is 13.2 Å². The number of para-hydroxylation sites is 2. The summed E-state index contributed by atoms with van der Waals surface area (Å²) in [4.78, 5) is 3.87. The number of hydrogen-bond donors (Lipinski definition) is 0. The van der Waals surface area contributed by atoms with E-state index in [1.807, 2.05) is 0 Å². The number of aromatic nitrogens is 2. The molecule has 2 nitrogen and oxygen atoms in total. The number of halogens is 3. The Balaban J connectivity index is 0.000000205. The molecule has 1 aromatic carbocycles. The first-order chi connectivity index (χ1) is 9.37. The van der Waals surface area contributed by atoms with Crippen molar-refractivity contribution in [2.24, 2.45) is 11.8 Å². The lowest BCUT2D eigenvalue weighted by atomic mass is 10.1. The van der Waals surface area contributed by atoms with Crippen LogP contribution in [0.15, 0.2) is 30.6 Å². The zero-order chi connectivity index (χ0) is 14.8. The Labute approximate surface area is 116 Å². The number of nitrogens with zero attached hydrogens (tertiary/aromatic N) is 2. The van der Waals surface area contributed by atoms with Crippen LogP contribution in [0.3, 0.4) is 0 Å². The monoisotopic (exact) mass is 284 g/mol. The van der Waals surface area contributed by atoms with Crippen LogP contribution in [-0.2, 0) is 6.54 Å². The van der Waals surface area contributed by atoms with Gasteiger partial charge in [-0.1, -0.05) is 26.0 Å². The molecule has 0 saturated heterocycles. The molecule has 0 bridgehead atoms. The predicted molar refractivity (Wildman–Crippen MR) is 73.4 cm³/mol. The van der Waals surface area contributed by atoms with Gasteiger partial charge in [-0.15, -0.1) is 0 Å². The lowest BCUT2D eigenvalue weighted by Crippen LogP contribution is -2.16. The lowest BCUT2D eigenvalue weighted by Gasteiger charge is -2.07. The molecule has 5 heteroatoms. The summed E-state index contributed by atoms with van der Waals surface area (Å²) in [6, 6.07) is 6.74. The summed E-state index contributed by atoms with van der Waals surface area (Å²) in [6.07, 6.45) is -0.00301. The molecule has 0 aliphatic heterocycles. The SMILES string of the molecule is CC(C)C1CC1.FC(F)(F)Cn1cnc2ccccc21. The second-order valence-electron chi connectivity index (χ2n) is 5.56. The van der Waals surface area contributed by atoms with E-state index in [2.05, 4.69) is 18.8 Å². The van der Waals surface area contributed by atoms with Crippen LogP contribution in [0, 0.1) is 11.8 Å². The maximum atomic E-state index is 12.1. The number of alkyl halides is 3. The van der Waals surface area contributed by atoms with Crippen molar-refractivity contribution >= 4 is 11.0 Å². The Morgan fingerprint density at radius 3 is 2.40 bits per heavy atom.